The molecule has 11 heteroatoms. The second kappa shape index (κ2) is 13.7. The third-order valence-corrected chi connectivity index (χ3v) is 9.44. The van der Waals surface area contributed by atoms with Crippen molar-refractivity contribution < 1.29 is 46.6 Å². The number of carbonyl (C=O) groups is 1. The minimum Gasteiger partial charge on any atom is -0.554 e. The highest BCUT2D eigenvalue weighted by Gasteiger charge is 2.48. The molecule has 3 saturated heterocycles. The molecule has 7 rings (SSSR count). The number of benzene rings is 2. The summed E-state index contributed by atoms with van der Waals surface area (Å²) >= 11 is 0. The SMILES string of the molecule is O=C[O-].O[C@](c1ccccc1)(c1ncc(C[N+]23CCC(CC2)[C@@H](OCc2ccc(OC(F)(F)F)cc2)C3)o1)C1CCCCC1. The summed E-state index contributed by atoms with van der Waals surface area (Å²) in [5.41, 5.74) is 0.393. The maximum absolute atomic E-state index is 12.5. The van der Waals surface area contributed by atoms with Gasteiger partial charge in [0.25, 0.3) is 0 Å². The highest BCUT2D eigenvalue weighted by molar-refractivity contribution is 5.30. The van der Waals surface area contributed by atoms with E-state index in [2.05, 4.69) is 9.72 Å². The Hall–Kier alpha value is -3.41. The average molecular weight is 617 g/mol. The number of rotatable bonds is 9. The number of ether oxygens (including phenoxy) is 2. The summed E-state index contributed by atoms with van der Waals surface area (Å²) in [7, 11) is 0. The van der Waals surface area contributed by atoms with Gasteiger partial charge in [-0.3, -0.25) is 0 Å². The fourth-order valence-electron chi connectivity index (χ4n) is 7.26. The van der Waals surface area contributed by atoms with E-state index in [0.717, 1.165) is 79.5 Å². The molecule has 2 atom stereocenters. The Kier molecular flexibility index (Phi) is 9.97. The Morgan fingerprint density at radius 2 is 1.66 bits per heavy atom. The molecule has 2 aromatic carbocycles. The normalized spacial score (nSPS) is 25.0. The van der Waals surface area contributed by atoms with E-state index in [0.29, 0.717) is 25.0 Å². The first-order chi connectivity index (χ1) is 21.1. The number of nitrogens with zero attached hydrogens (tertiary/aromatic N) is 2. The van der Waals surface area contributed by atoms with Gasteiger partial charge in [0.1, 0.15) is 24.9 Å². The zero-order chi connectivity index (χ0) is 31.2. The number of halogens is 3. The van der Waals surface area contributed by atoms with Gasteiger partial charge in [-0.25, -0.2) is 4.98 Å². The van der Waals surface area contributed by atoms with Crippen molar-refractivity contribution in [2.45, 2.75) is 76.2 Å². The molecule has 3 aromatic rings. The van der Waals surface area contributed by atoms with Gasteiger partial charge in [0.05, 0.1) is 25.9 Å². The Labute approximate surface area is 255 Å². The lowest BCUT2D eigenvalue weighted by Gasteiger charge is -2.52. The van der Waals surface area contributed by atoms with Crippen LogP contribution in [0.5, 0.6) is 5.75 Å². The Bertz CT molecular complexity index is 1340. The Morgan fingerprint density at radius 1 is 1.00 bits per heavy atom. The number of piperidine rings is 3. The molecule has 8 nitrogen and oxygen atoms in total. The number of carbonyl (C=O) groups excluding carboxylic acids is 1. The van der Waals surface area contributed by atoms with Gasteiger partial charge in [-0.05, 0) is 36.1 Å². The van der Waals surface area contributed by atoms with E-state index in [9.17, 15) is 18.3 Å². The number of hydrogen-bond acceptors (Lipinski definition) is 7. The first-order valence-electron chi connectivity index (χ1n) is 15.2. The lowest BCUT2D eigenvalue weighted by molar-refractivity contribution is -0.959. The molecule has 1 aromatic heterocycles. The molecule has 1 aliphatic carbocycles. The monoisotopic (exact) mass is 616 g/mol. The summed E-state index contributed by atoms with van der Waals surface area (Å²) < 4.78 is 54.9. The summed E-state index contributed by atoms with van der Waals surface area (Å²) in [4.78, 5) is 12.9. The van der Waals surface area contributed by atoms with Crippen LogP contribution in [0.3, 0.4) is 0 Å². The molecule has 4 aliphatic rings. The predicted molar refractivity (Wildman–Crippen MR) is 152 cm³/mol. The van der Waals surface area contributed by atoms with E-state index >= 15 is 0 Å². The van der Waals surface area contributed by atoms with E-state index in [-0.39, 0.29) is 17.8 Å². The number of hydrogen-bond donors (Lipinski definition) is 1. The van der Waals surface area contributed by atoms with Crippen LogP contribution >= 0.6 is 0 Å². The van der Waals surface area contributed by atoms with Crippen molar-refractivity contribution in [3.8, 4) is 5.75 Å². The Balaban J connectivity index is 0.00000123. The maximum Gasteiger partial charge on any atom is 0.573 e. The highest BCUT2D eigenvalue weighted by Crippen LogP contribution is 2.44. The van der Waals surface area contributed by atoms with Crippen LogP contribution in [-0.4, -0.2) is 53.1 Å². The minimum atomic E-state index is -4.70. The van der Waals surface area contributed by atoms with Crippen molar-refractivity contribution in [3.05, 3.63) is 83.6 Å². The van der Waals surface area contributed by atoms with Crippen LogP contribution in [0.2, 0.25) is 0 Å². The second-order valence-electron chi connectivity index (χ2n) is 12.2. The van der Waals surface area contributed by atoms with Gasteiger partial charge in [-0.2, -0.15) is 0 Å². The molecular weight excluding hydrogens is 577 g/mol. The summed E-state index contributed by atoms with van der Waals surface area (Å²) in [5, 5.41) is 20.4. The largest absolute Gasteiger partial charge is 0.573 e. The molecule has 0 unspecified atom stereocenters. The quantitative estimate of drug-likeness (QED) is 0.264. The first kappa shape index (κ1) is 32.0. The summed E-state index contributed by atoms with van der Waals surface area (Å²) in [6.45, 7) is 3.46. The van der Waals surface area contributed by atoms with Gasteiger partial charge in [-0.1, -0.05) is 61.7 Å². The highest BCUT2D eigenvalue weighted by atomic mass is 19.4. The third kappa shape index (κ3) is 7.44. The van der Waals surface area contributed by atoms with Gasteiger partial charge < -0.3 is 33.4 Å². The summed E-state index contributed by atoms with van der Waals surface area (Å²) in [5.74, 6) is 1.48. The van der Waals surface area contributed by atoms with Crippen molar-refractivity contribution in [1.29, 1.82) is 0 Å². The van der Waals surface area contributed by atoms with E-state index < -0.39 is 18.4 Å². The van der Waals surface area contributed by atoms with Crippen LogP contribution in [0.4, 0.5) is 13.2 Å². The number of aliphatic hydroxyl groups is 1. The van der Waals surface area contributed by atoms with Crippen molar-refractivity contribution in [3.63, 3.8) is 0 Å². The van der Waals surface area contributed by atoms with E-state index in [4.69, 9.17) is 19.1 Å². The number of quaternary nitrogens is 1. The Morgan fingerprint density at radius 3 is 2.30 bits per heavy atom. The molecule has 1 saturated carbocycles. The summed E-state index contributed by atoms with van der Waals surface area (Å²) in [6, 6.07) is 15.7. The molecule has 0 spiro atoms. The molecule has 3 aliphatic heterocycles. The number of alkyl halides is 3. The third-order valence-electron chi connectivity index (χ3n) is 9.44. The van der Waals surface area contributed by atoms with Gasteiger partial charge in [0.15, 0.2) is 11.4 Å². The standard InChI is InChI=1S/C32H38F3N2O4.CH2O2/c33-32(34,35)41-27-13-11-23(12-14-27)22-39-29-21-37(17-15-24(29)16-18-37)20-28-19-36-30(40-28)31(38,25-7-3-1-4-8-25)26-9-5-2-6-10-26;2-1-3/h1,3-4,7-8,11-14,19,24,26,29,38H,2,5-6,9-10,15-18,20-22H2;1H,(H,2,3)/q+1;/p-1/t24?,29-,31-,37?;/m0./s1. The number of oxazole rings is 1. The fraction of sp³-hybridized carbons (Fsp3) is 0.515. The second-order valence-corrected chi connectivity index (χ2v) is 12.2. The molecule has 1 N–H and O–H groups in total. The van der Waals surface area contributed by atoms with E-state index in [1.807, 2.05) is 30.3 Å². The van der Waals surface area contributed by atoms with Crippen LogP contribution in [-0.2, 0) is 28.3 Å². The molecule has 4 heterocycles. The van der Waals surface area contributed by atoms with Crippen molar-refractivity contribution in [2.75, 3.05) is 19.6 Å². The number of aromatic nitrogens is 1. The molecule has 0 amide bonds. The molecule has 44 heavy (non-hydrogen) atoms. The molecule has 2 bridgehead atoms. The van der Waals surface area contributed by atoms with Crippen molar-refractivity contribution in [2.24, 2.45) is 11.8 Å². The van der Waals surface area contributed by atoms with Crippen LogP contribution < -0.4 is 9.84 Å². The molecule has 238 valence electrons. The number of carboxylic acid groups (broad SMARTS) is 1. The topological polar surface area (TPSA) is 105 Å². The maximum atomic E-state index is 12.5. The van der Waals surface area contributed by atoms with E-state index in [1.165, 1.54) is 18.6 Å². The minimum absolute atomic E-state index is 0.0643. The van der Waals surface area contributed by atoms with Gasteiger partial charge >= 0.3 is 6.36 Å². The van der Waals surface area contributed by atoms with Gasteiger partial charge in [-0.15, -0.1) is 13.2 Å². The fourth-order valence-corrected chi connectivity index (χ4v) is 7.26. The average Bonchev–Trinajstić information content (AvgIpc) is 3.50. The van der Waals surface area contributed by atoms with Crippen LogP contribution in [0.1, 0.15) is 67.7 Å². The van der Waals surface area contributed by atoms with Crippen molar-refractivity contribution in [1.82, 2.24) is 4.98 Å². The van der Waals surface area contributed by atoms with Crippen molar-refractivity contribution >= 4 is 6.47 Å². The van der Waals surface area contributed by atoms with Gasteiger partial charge in [0.2, 0.25) is 5.89 Å². The first-order valence-corrected chi connectivity index (χ1v) is 15.2. The number of fused-ring (bicyclic) bond motifs is 3. The molecule has 4 fully saturated rings. The van der Waals surface area contributed by atoms with Crippen LogP contribution in [0.15, 0.2) is 65.2 Å². The smallest absolute Gasteiger partial charge is 0.554 e. The summed E-state index contributed by atoms with van der Waals surface area (Å²) in [6.07, 6.45) is 4.55. The predicted octanol–water partition coefficient (Wildman–Crippen LogP) is 5.08. The molecular formula is C33H39F3N2O6. The molecule has 0 radical (unpaired) electrons. The zero-order valence-corrected chi connectivity index (χ0v) is 24.6. The van der Waals surface area contributed by atoms with Crippen LogP contribution in [0, 0.1) is 11.8 Å². The van der Waals surface area contributed by atoms with E-state index in [1.54, 1.807) is 18.3 Å². The lowest BCUT2D eigenvalue weighted by Crippen LogP contribution is -2.63. The van der Waals surface area contributed by atoms with Crippen LogP contribution in [0.25, 0.3) is 0 Å². The lowest BCUT2D eigenvalue weighted by atomic mass is 9.73. The van der Waals surface area contributed by atoms with Gasteiger partial charge in [0, 0.05) is 31.1 Å². The zero-order valence-electron chi connectivity index (χ0n) is 24.6.